The van der Waals surface area contributed by atoms with Crippen molar-refractivity contribution in [3.63, 3.8) is 0 Å². The van der Waals surface area contributed by atoms with Crippen LogP contribution in [0.15, 0.2) is 66.9 Å². The molecule has 0 radical (unpaired) electrons. The van der Waals surface area contributed by atoms with Gasteiger partial charge in [0.1, 0.15) is 5.65 Å². The zero-order chi connectivity index (χ0) is 22.9. The van der Waals surface area contributed by atoms with E-state index < -0.39 is 0 Å². The van der Waals surface area contributed by atoms with Crippen LogP contribution >= 0.6 is 0 Å². The summed E-state index contributed by atoms with van der Waals surface area (Å²) in [4.78, 5) is 20.2. The largest absolute Gasteiger partial charge is 0.333 e. The number of hydrogen-bond acceptors (Lipinski definition) is 4. The van der Waals surface area contributed by atoms with Crippen LogP contribution in [0.4, 0.5) is 0 Å². The van der Waals surface area contributed by atoms with Crippen LogP contribution in [-0.4, -0.2) is 45.9 Å². The standard InChI is InChI=1S/C27H25N5O/c1-18-3-7-21(8-4-18)25-26(22-9-5-20(15-28)6-10-22)32-17-23(11-12-24(32)30-25)27(33)31-14-13-29-16-19(31)2/h3-12,17,19,29H,13-14,16H2,1-2H3. The molecule has 5 rings (SSSR count). The number of nitriles is 1. The second-order valence-electron chi connectivity index (χ2n) is 8.56. The third-order valence-corrected chi connectivity index (χ3v) is 6.24. The fraction of sp³-hybridized carbons (Fsp3) is 0.222. The molecule has 3 heterocycles. The van der Waals surface area contributed by atoms with E-state index in [9.17, 15) is 10.1 Å². The molecule has 1 amide bonds. The predicted octanol–water partition coefficient (Wildman–Crippen LogP) is 4.28. The highest BCUT2D eigenvalue weighted by Crippen LogP contribution is 2.33. The fourth-order valence-corrected chi connectivity index (χ4v) is 4.37. The van der Waals surface area contributed by atoms with Crippen LogP contribution in [0, 0.1) is 18.3 Å². The molecule has 33 heavy (non-hydrogen) atoms. The minimum Gasteiger partial charge on any atom is -0.333 e. The summed E-state index contributed by atoms with van der Waals surface area (Å²) < 4.78 is 2.00. The molecule has 1 N–H and O–H groups in total. The number of carbonyl (C=O) groups excluding carboxylic acids is 1. The van der Waals surface area contributed by atoms with Gasteiger partial charge in [0.15, 0.2) is 0 Å². The summed E-state index contributed by atoms with van der Waals surface area (Å²) in [5.74, 6) is 0.0299. The smallest absolute Gasteiger partial charge is 0.255 e. The Morgan fingerprint density at radius 2 is 1.79 bits per heavy atom. The molecule has 6 heteroatoms. The van der Waals surface area contributed by atoms with Crippen LogP contribution in [0.2, 0.25) is 0 Å². The van der Waals surface area contributed by atoms with E-state index in [4.69, 9.17) is 4.98 Å². The topological polar surface area (TPSA) is 73.4 Å². The van der Waals surface area contributed by atoms with E-state index in [0.717, 1.165) is 41.3 Å². The van der Waals surface area contributed by atoms with Gasteiger partial charge in [-0.2, -0.15) is 5.26 Å². The summed E-state index contributed by atoms with van der Waals surface area (Å²) in [5, 5.41) is 12.6. The Hall–Kier alpha value is -3.95. The fourth-order valence-electron chi connectivity index (χ4n) is 4.37. The van der Waals surface area contributed by atoms with E-state index in [0.29, 0.717) is 17.7 Å². The van der Waals surface area contributed by atoms with Gasteiger partial charge in [-0.1, -0.05) is 42.0 Å². The van der Waals surface area contributed by atoms with Crippen LogP contribution in [-0.2, 0) is 0 Å². The Balaban J connectivity index is 1.67. The van der Waals surface area contributed by atoms with E-state index >= 15 is 0 Å². The number of aryl methyl sites for hydroxylation is 1. The van der Waals surface area contributed by atoms with E-state index in [1.807, 2.05) is 51.9 Å². The van der Waals surface area contributed by atoms with Crippen LogP contribution in [0.1, 0.15) is 28.4 Å². The maximum atomic E-state index is 13.3. The highest BCUT2D eigenvalue weighted by Gasteiger charge is 2.25. The van der Waals surface area contributed by atoms with Crippen LogP contribution in [0.5, 0.6) is 0 Å². The van der Waals surface area contributed by atoms with Gasteiger partial charge in [-0.25, -0.2) is 4.98 Å². The molecule has 2 aromatic heterocycles. The monoisotopic (exact) mass is 435 g/mol. The Morgan fingerprint density at radius 1 is 1.06 bits per heavy atom. The highest BCUT2D eigenvalue weighted by molar-refractivity contribution is 5.95. The van der Waals surface area contributed by atoms with Crippen molar-refractivity contribution >= 4 is 11.6 Å². The SMILES string of the molecule is Cc1ccc(-c2nc3ccc(C(=O)N4CCNCC4C)cn3c2-c2ccc(C#N)cc2)cc1. The molecule has 1 aliphatic heterocycles. The molecule has 1 unspecified atom stereocenters. The molecule has 164 valence electrons. The van der Waals surface area contributed by atoms with Gasteiger partial charge in [0, 0.05) is 43.0 Å². The van der Waals surface area contributed by atoms with Gasteiger partial charge in [0.2, 0.25) is 0 Å². The third-order valence-electron chi connectivity index (χ3n) is 6.24. The molecule has 0 saturated carbocycles. The second kappa shape index (κ2) is 8.53. The number of imidazole rings is 1. The van der Waals surface area contributed by atoms with Crippen LogP contribution in [0.25, 0.3) is 28.2 Å². The van der Waals surface area contributed by atoms with E-state index in [2.05, 4.69) is 49.5 Å². The highest BCUT2D eigenvalue weighted by atomic mass is 16.2. The average Bonchev–Trinajstić information content (AvgIpc) is 3.23. The van der Waals surface area contributed by atoms with Crippen molar-refractivity contribution in [2.24, 2.45) is 0 Å². The van der Waals surface area contributed by atoms with Crippen molar-refractivity contribution in [2.45, 2.75) is 19.9 Å². The number of rotatable bonds is 3. The van der Waals surface area contributed by atoms with Crippen LogP contribution in [0.3, 0.4) is 0 Å². The van der Waals surface area contributed by atoms with Crippen molar-refractivity contribution in [2.75, 3.05) is 19.6 Å². The lowest BCUT2D eigenvalue weighted by molar-refractivity contribution is 0.0655. The molecule has 1 aliphatic rings. The van der Waals surface area contributed by atoms with Gasteiger partial charge in [-0.05, 0) is 38.1 Å². The number of piperazine rings is 1. The molecule has 1 saturated heterocycles. The van der Waals surface area contributed by atoms with Gasteiger partial charge >= 0.3 is 0 Å². The van der Waals surface area contributed by atoms with Gasteiger partial charge in [-0.15, -0.1) is 0 Å². The minimum absolute atomic E-state index is 0.0299. The van der Waals surface area contributed by atoms with Crippen molar-refractivity contribution in [1.82, 2.24) is 19.6 Å². The number of aromatic nitrogens is 2. The Kier molecular flexibility index (Phi) is 5.41. The lowest BCUT2D eigenvalue weighted by atomic mass is 10.0. The third kappa shape index (κ3) is 3.88. The number of hydrogen-bond donors (Lipinski definition) is 1. The minimum atomic E-state index is 0.0299. The lowest BCUT2D eigenvalue weighted by Gasteiger charge is -2.34. The lowest BCUT2D eigenvalue weighted by Crippen LogP contribution is -2.52. The maximum Gasteiger partial charge on any atom is 0.255 e. The number of amides is 1. The number of nitrogens with one attached hydrogen (secondary N) is 1. The molecule has 1 atom stereocenters. The number of carbonyl (C=O) groups is 1. The number of nitrogens with zero attached hydrogens (tertiary/aromatic N) is 4. The first-order valence-electron chi connectivity index (χ1n) is 11.2. The number of pyridine rings is 1. The molecule has 4 aromatic rings. The molecular formula is C27H25N5O. The molecule has 6 nitrogen and oxygen atoms in total. The number of benzene rings is 2. The molecule has 0 aliphatic carbocycles. The molecular weight excluding hydrogens is 410 g/mol. The zero-order valence-electron chi connectivity index (χ0n) is 18.7. The van der Waals surface area contributed by atoms with Crippen molar-refractivity contribution < 1.29 is 4.79 Å². The van der Waals surface area contributed by atoms with Crippen LogP contribution < -0.4 is 5.32 Å². The summed E-state index contributed by atoms with van der Waals surface area (Å²) in [7, 11) is 0. The normalized spacial score (nSPS) is 16.0. The Morgan fingerprint density at radius 3 is 2.48 bits per heavy atom. The predicted molar refractivity (Wildman–Crippen MR) is 129 cm³/mol. The quantitative estimate of drug-likeness (QED) is 0.521. The first-order chi connectivity index (χ1) is 16.0. The summed E-state index contributed by atoms with van der Waals surface area (Å²) >= 11 is 0. The molecule has 0 bridgehead atoms. The van der Waals surface area contributed by atoms with Gasteiger partial charge in [0.25, 0.3) is 5.91 Å². The summed E-state index contributed by atoms with van der Waals surface area (Å²) in [6.45, 7) is 6.42. The van der Waals surface area contributed by atoms with Gasteiger partial charge < -0.3 is 10.2 Å². The van der Waals surface area contributed by atoms with E-state index in [1.165, 1.54) is 5.56 Å². The maximum absolute atomic E-state index is 13.3. The molecule has 0 spiro atoms. The number of fused-ring (bicyclic) bond motifs is 1. The van der Waals surface area contributed by atoms with Crippen molar-refractivity contribution in [3.05, 3.63) is 83.6 Å². The van der Waals surface area contributed by atoms with E-state index in [-0.39, 0.29) is 11.9 Å². The Labute approximate surface area is 193 Å². The van der Waals surface area contributed by atoms with Crippen molar-refractivity contribution in [3.8, 4) is 28.6 Å². The summed E-state index contributed by atoms with van der Waals surface area (Å²) in [6.07, 6.45) is 1.89. The first kappa shape index (κ1) is 20.9. The average molecular weight is 436 g/mol. The Bertz CT molecular complexity index is 1360. The second-order valence-corrected chi connectivity index (χ2v) is 8.56. The summed E-state index contributed by atoms with van der Waals surface area (Å²) in [5.41, 5.74) is 6.90. The van der Waals surface area contributed by atoms with E-state index in [1.54, 1.807) is 0 Å². The van der Waals surface area contributed by atoms with Crippen molar-refractivity contribution in [1.29, 1.82) is 5.26 Å². The molecule has 1 fully saturated rings. The first-order valence-corrected chi connectivity index (χ1v) is 11.2. The van der Waals surface area contributed by atoms with Gasteiger partial charge in [-0.3, -0.25) is 9.20 Å². The molecule has 2 aromatic carbocycles. The van der Waals surface area contributed by atoms with Gasteiger partial charge in [0.05, 0.1) is 28.6 Å². The summed E-state index contributed by atoms with van der Waals surface area (Å²) in [6, 6.07) is 21.9. The zero-order valence-corrected chi connectivity index (χ0v) is 18.7.